The maximum Gasteiger partial charge on any atom is 0.267 e. The van der Waals surface area contributed by atoms with E-state index in [1.165, 1.54) is 11.3 Å². The van der Waals surface area contributed by atoms with Crippen LogP contribution in [0.2, 0.25) is 0 Å². The van der Waals surface area contributed by atoms with Gasteiger partial charge >= 0.3 is 0 Å². The normalized spacial score (nSPS) is 16.6. The average molecular weight is 250 g/mol. The largest absolute Gasteiger partial charge is 0.495 e. The van der Waals surface area contributed by atoms with Crippen molar-refractivity contribution in [2.24, 2.45) is 5.92 Å². The third kappa shape index (κ3) is 2.42. The first-order valence-corrected chi connectivity index (χ1v) is 6.44. The second-order valence-electron chi connectivity index (χ2n) is 4.01. The summed E-state index contributed by atoms with van der Waals surface area (Å²) >= 11 is 1.40. The summed E-state index contributed by atoms with van der Waals surface area (Å²) in [7, 11) is 1.57. The highest BCUT2D eigenvalue weighted by Crippen LogP contribution is 2.27. The topological polar surface area (TPSA) is 53.3 Å². The Morgan fingerprint density at radius 3 is 2.88 bits per heavy atom. The van der Waals surface area contributed by atoms with Gasteiger partial charge in [0.15, 0.2) is 0 Å². The monoisotopic (exact) mass is 250 g/mol. The van der Waals surface area contributed by atoms with E-state index in [1.807, 2.05) is 10.3 Å². The van der Waals surface area contributed by atoms with Crippen molar-refractivity contribution in [3.63, 3.8) is 0 Å². The lowest BCUT2D eigenvalue weighted by Crippen LogP contribution is -2.37. The first-order valence-electron chi connectivity index (χ1n) is 5.56. The van der Waals surface area contributed by atoms with Crippen LogP contribution in [0.1, 0.15) is 22.5 Å². The number of likely N-dealkylation sites (tertiary alicyclic amines) is 1. The molecule has 1 aromatic rings. The fourth-order valence-corrected chi connectivity index (χ4v) is 2.79. The molecule has 0 N–H and O–H groups in total. The van der Waals surface area contributed by atoms with E-state index in [4.69, 9.17) is 10.00 Å². The molecular formula is C12H14N2O2S. The summed E-state index contributed by atoms with van der Waals surface area (Å²) in [6.45, 7) is 1.33. The molecule has 1 aliphatic rings. The van der Waals surface area contributed by atoms with Gasteiger partial charge in [-0.1, -0.05) is 0 Å². The zero-order valence-electron chi connectivity index (χ0n) is 9.68. The van der Waals surface area contributed by atoms with E-state index in [-0.39, 0.29) is 11.8 Å². The number of hydrogen-bond donors (Lipinski definition) is 0. The minimum Gasteiger partial charge on any atom is -0.495 e. The van der Waals surface area contributed by atoms with Crippen molar-refractivity contribution in [1.29, 1.82) is 5.26 Å². The highest BCUT2D eigenvalue weighted by atomic mass is 32.1. The van der Waals surface area contributed by atoms with Crippen molar-refractivity contribution < 1.29 is 9.53 Å². The SMILES string of the molecule is COc1ccsc1C(=O)N1CCC(C#N)CC1. The highest BCUT2D eigenvalue weighted by molar-refractivity contribution is 7.12. The number of nitrogens with zero attached hydrogens (tertiary/aromatic N) is 2. The van der Waals surface area contributed by atoms with Crippen molar-refractivity contribution >= 4 is 17.2 Å². The molecule has 0 unspecified atom stereocenters. The first kappa shape index (κ1) is 11.9. The summed E-state index contributed by atoms with van der Waals surface area (Å²) in [5.74, 6) is 0.764. The Hall–Kier alpha value is -1.54. The second-order valence-corrected chi connectivity index (χ2v) is 4.93. The van der Waals surface area contributed by atoms with Gasteiger partial charge in [0.05, 0.1) is 13.2 Å². The number of carbonyl (C=O) groups is 1. The van der Waals surface area contributed by atoms with Crippen LogP contribution in [0.25, 0.3) is 0 Å². The Morgan fingerprint density at radius 2 is 2.29 bits per heavy atom. The summed E-state index contributed by atoms with van der Waals surface area (Å²) in [6.07, 6.45) is 1.55. The van der Waals surface area contributed by atoms with Crippen LogP contribution in [0.4, 0.5) is 0 Å². The van der Waals surface area contributed by atoms with E-state index in [0.29, 0.717) is 23.7 Å². The van der Waals surface area contributed by atoms with E-state index in [2.05, 4.69) is 6.07 Å². The molecule has 0 saturated carbocycles. The van der Waals surface area contributed by atoms with E-state index >= 15 is 0 Å². The van der Waals surface area contributed by atoms with Gasteiger partial charge in [-0.3, -0.25) is 4.79 Å². The summed E-state index contributed by atoms with van der Waals surface area (Å²) < 4.78 is 5.15. The molecule has 0 aliphatic carbocycles. The summed E-state index contributed by atoms with van der Waals surface area (Å²) in [5, 5.41) is 10.7. The molecule has 0 spiro atoms. The summed E-state index contributed by atoms with van der Waals surface area (Å²) in [4.78, 5) is 14.7. The predicted octanol–water partition coefficient (Wildman–Crippen LogP) is 2.13. The van der Waals surface area contributed by atoms with E-state index < -0.39 is 0 Å². The van der Waals surface area contributed by atoms with Gasteiger partial charge in [-0.05, 0) is 24.3 Å². The van der Waals surface area contributed by atoms with Gasteiger partial charge in [0.1, 0.15) is 10.6 Å². The standard InChI is InChI=1S/C12H14N2O2S/c1-16-10-4-7-17-11(10)12(15)14-5-2-9(8-13)3-6-14/h4,7,9H,2-3,5-6H2,1H3. The molecule has 90 valence electrons. The quantitative estimate of drug-likeness (QED) is 0.808. The lowest BCUT2D eigenvalue weighted by Gasteiger charge is -2.28. The maximum absolute atomic E-state index is 12.2. The van der Waals surface area contributed by atoms with Crippen molar-refractivity contribution in [3.05, 3.63) is 16.3 Å². The third-order valence-electron chi connectivity index (χ3n) is 3.01. The Labute approximate surface area is 104 Å². The van der Waals surface area contributed by atoms with Gasteiger partial charge in [-0.15, -0.1) is 11.3 Å². The fourth-order valence-electron chi connectivity index (χ4n) is 1.97. The molecular weight excluding hydrogens is 236 g/mol. The first-order chi connectivity index (χ1) is 8.26. The van der Waals surface area contributed by atoms with Crippen molar-refractivity contribution in [1.82, 2.24) is 4.90 Å². The molecule has 0 radical (unpaired) electrons. The molecule has 2 rings (SSSR count). The molecule has 1 saturated heterocycles. The fraction of sp³-hybridized carbons (Fsp3) is 0.500. The molecule has 4 nitrogen and oxygen atoms in total. The van der Waals surface area contributed by atoms with E-state index in [0.717, 1.165) is 12.8 Å². The smallest absolute Gasteiger partial charge is 0.267 e. The number of hydrogen-bond acceptors (Lipinski definition) is 4. The van der Waals surface area contributed by atoms with Crippen LogP contribution >= 0.6 is 11.3 Å². The minimum atomic E-state index is 0.0215. The predicted molar refractivity (Wildman–Crippen MR) is 65.1 cm³/mol. The number of piperidine rings is 1. The number of nitriles is 1. The van der Waals surface area contributed by atoms with Crippen molar-refractivity contribution in [2.75, 3.05) is 20.2 Å². The van der Waals surface area contributed by atoms with Gasteiger partial charge in [-0.25, -0.2) is 0 Å². The second kappa shape index (κ2) is 5.19. The molecule has 17 heavy (non-hydrogen) atoms. The van der Waals surface area contributed by atoms with Gasteiger partial charge in [0.2, 0.25) is 0 Å². The number of ether oxygens (including phenoxy) is 1. The van der Waals surface area contributed by atoms with Crippen LogP contribution in [0, 0.1) is 17.2 Å². The van der Waals surface area contributed by atoms with Crippen LogP contribution < -0.4 is 4.74 Å². The average Bonchev–Trinajstić information content (AvgIpc) is 2.86. The maximum atomic E-state index is 12.2. The molecule has 1 aromatic heterocycles. The number of thiophene rings is 1. The zero-order chi connectivity index (χ0) is 12.3. The molecule has 1 fully saturated rings. The summed E-state index contributed by atoms with van der Waals surface area (Å²) in [5.41, 5.74) is 0. The Balaban J connectivity index is 2.05. The lowest BCUT2D eigenvalue weighted by atomic mass is 9.98. The highest BCUT2D eigenvalue weighted by Gasteiger charge is 2.25. The number of carbonyl (C=O) groups excluding carboxylic acids is 1. The Kier molecular flexibility index (Phi) is 3.64. The van der Waals surface area contributed by atoms with Crippen molar-refractivity contribution in [3.8, 4) is 11.8 Å². The summed E-state index contributed by atoms with van der Waals surface area (Å²) in [6, 6.07) is 4.07. The molecule has 2 heterocycles. The molecule has 1 aliphatic heterocycles. The molecule has 0 aromatic carbocycles. The van der Waals surface area contributed by atoms with Gasteiger partial charge in [0.25, 0.3) is 5.91 Å². The number of amides is 1. The van der Waals surface area contributed by atoms with Crippen LogP contribution in [0.5, 0.6) is 5.75 Å². The zero-order valence-corrected chi connectivity index (χ0v) is 10.5. The van der Waals surface area contributed by atoms with Gasteiger partial charge in [0, 0.05) is 19.0 Å². The minimum absolute atomic E-state index is 0.0215. The van der Waals surface area contributed by atoms with Gasteiger partial charge in [-0.2, -0.15) is 5.26 Å². The van der Waals surface area contributed by atoms with Crippen molar-refractivity contribution in [2.45, 2.75) is 12.8 Å². The van der Waals surface area contributed by atoms with E-state index in [9.17, 15) is 4.79 Å². The van der Waals surface area contributed by atoms with Crippen LogP contribution in [-0.2, 0) is 0 Å². The number of methoxy groups -OCH3 is 1. The third-order valence-corrected chi connectivity index (χ3v) is 3.89. The Bertz CT molecular complexity index is 442. The molecule has 5 heteroatoms. The van der Waals surface area contributed by atoms with Crippen LogP contribution in [0.3, 0.4) is 0 Å². The van der Waals surface area contributed by atoms with Crippen LogP contribution in [-0.4, -0.2) is 31.0 Å². The van der Waals surface area contributed by atoms with Crippen LogP contribution in [0.15, 0.2) is 11.4 Å². The van der Waals surface area contributed by atoms with Gasteiger partial charge < -0.3 is 9.64 Å². The molecule has 0 bridgehead atoms. The molecule has 0 atom stereocenters. The Morgan fingerprint density at radius 1 is 1.59 bits per heavy atom. The molecule has 1 amide bonds. The number of rotatable bonds is 2. The lowest BCUT2D eigenvalue weighted by molar-refractivity contribution is 0.0709. The van der Waals surface area contributed by atoms with E-state index in [1.54, 1.807) is 13.2 Å².